The van der Waals surface area contributed by atoms with Crippen molar-refractivity contribution < 1.29 is 28.2 Å². The van der Waals surface area contributed by atoms with Gasteiger partial charge in [-0.3, -0.25) is 23.8 Å². The lowest BCUT2D eigenvalue weighted by Crippen LogP contribution is -2.38. The average molecular weight is 533 g/mol. The monoisotopic (exact) mass is 532 g/mol. The first-order chi connectivity index (χ1) is 17.0. The molecule has 210 valence electrons. The molecule has 3 amide bonds. The van der Waals surface area contributed by atoms with E-state index in [2.05, 4.69) is 5.32 Å². The molecule has 1 rings (SSSR count). The van der Waals surface area contributed by atoms with Crippen LogP contribution in [0.3, 0.4) is 0 Å². The van der Waals surface area contributed by atoms with Crippen LogP contribution in [0.2, 0.25) is 0 Å². The molecule has 2 N–H and O–H groups in total. The molecule has 0 aromatic rings. The molecule has 9 heteroatoms. The van der Waals surface area contributed by atoms with Gasteiger partial charge < -0.3 is 10.2 Å². The summed E-state index contributed by atoms with van der Waals surface area (Å²) in [5.41, 5.74) is 0. The Morgan fingerprint density at radius 1 is 0.972 bits per heavy atom. The Bertz CT molecular complexity index is 712. The molecule has 7 nitrogen and oxygen atoms in total. The first-order valence-corrected chi connectivity index (χ1v) is 16.3. The van der Waals surface area contributed by atoms with Crippen molar-refractivity contribution in [1.82, 2.24) is 10.2 Å². The summed E-state index contributed by atoms with van der Waals surface area (Å²) >= 11 is 0. The summed E-state index contributed by atoms with van der Waals surface area (Å²) < 4.78 is 24.5. The molecule has 0 bridgehead atoms. The van der Waals surface area contributed by atoms with Gasteiger partial charge in [-0.05, 0) is 25.2 Å². The molecular formula is C27H50FN2O5P. The number of imide groups is 1. The molecule has 0 spiro atoms. The van der Waals surface area contributed by atoms with Crippen LogP contribution >= 0.6 is 7.37 Å². The SMILES string of the molecule is CC(C)C1CC(=O)N(CCNC(=O)CCCCCCCCCCCCCCCC(F)P(C)(=O)O)C1=O. The molecule has 1 heterocycles. The number of halogens is 1. The summed E-state index contributed by atoms with van der Waals surface area (Å²) in [6, 6.07) is 0. The lowest BCUT2D eigenvalue weighted by Gasteiger charge is -2.16. The summed E-state index contributed by atoms with van der Waals surface area (Å²) in [5.74, 6) is -1.90. The molecule has 3 unspecified atom stereocenters. The zero-order chi connectivity index (χ0) is 27.0. The van der Waals surface area contributed by atoms with Gasteiger partial charge in [0.15, 0.2) is 5.91 Å². The minimum Gasteiger partial charge on any atom is -0.354 e. The third-order valence-corrected chi connectivity index (χ3v) is 8.41. The van der Waals surface area contributed by atoms with E-state index in [1.54, 1.807) is 0 Å². The average Bonchev–Trinajstić information content (AvgIpc) is 3.09. The topological polar surface area (TPSA) is 104 Å². The number of amides is 3. The summed E-state index contributed by atoms with van der Waals surface area (Å²) in [7, 11) is -3.57. The molecule has 1 fully saturated rings. The molecule has 1 aliphatic heterocycles. The van der Waals surface area contributed by atoms with Crippen molar-refractivity contribution in [3.8, 4) is 0 Å². The Hall–Kier alpha value is -1.27. The smallest absolute Gasteiger partial charge is 0.233 e. The van der Waals surface area contributed by atoms with Gasteiger partial charge in [0.05, 0.1) is 0 Å². The maximum atomic E-state index is 13.4. The highest BCUT2D eigenvalue weighted by molar-refractivity contribution is 7.57. The molecule has 1 saturated heterocycles. The third-order valence-electron chi connectivity index (χ3n) is 7.11. The van der Waals surface area contributed by atoms with Crippen LogP contribution in [0.15, 0.2) is 0 Å². The predicted molar refractivity (Wildman–Crippen MR) is 143 cm³/mol. The van der Waals surface area contributed by atoms with Crippen LogP contribution in [0.4, 0.5) is 4.39 Å². The number of unbranched alkanes of at least 4 members (excludes halogenated alkanes) is 12. The van der Waals surface area contributed by atoms with E-state index in [0.717, 1.165) is 45.2 Å². The van der Waals surface area contributed by atoms with Crippen LogP contribution < -0.4 is 5.32 Å². The number of hydrogen-bond acceptors (Lipinski definition) is 4. The Kier molecular flexibility index (Phi) is 16.4. The number of likely N-dealkylation sites (tertiary alicyclic amines) is 1. The highest BCUT2D eigenvalue weighted by atomic mass is 31.2. The molecule has 0 aromatic carbocycles. The van der Waals surface area contributed by atoms with Gasteiger partial charge in [0, 0.05) is 38.5 Å². The van der Waals surface area contributed by atoms with Gasteiger partial charge in [-0.25, -0.2) is 4.39 Å². The highest BCUT2D eigenvalue weighted by Gasteiger charge is 2.39. The molecule has 3 atom stereocenters. The van der Waals surface area contributed by atoms with E-state index in [1.807, 2.05) is 13.8 Å². The van der Waals surface area contributed by atoms with Crippen LogP contribution in [0, 0.1) is 11.8 Å². The molecule has 0 radical (unpaired) electrons. The number of nitrogens with zero attached hydrogens (tertiary/aromatic N) is 1. The minimum absolute atomic E-state index is 0.0159. The Balaban J connectivity index is 1.87. The second kappa shape index (κ2) is 18.1. The van der Waals surface area contributed by atoms with Crippen molar-refractivity contribution >= 4 is 25.1 Å². The van der Waals surface area contributed by atoms with Gasteiger partial charge in [-0.1, -0.05) is 84.5 Å². The van der Waals surface area contributed by atoms with Crippen LogP contribution in [-0.2, 0) is 18.9 Å². The van der Waals surface area contributed by atoms with Crippen molar-refractivity contribution in [2.75, 3.05) is 19.8 Å². The lowest BCUT2D eigenvalue weighted by molar-refractivity contribution is -0.140. The fraction of sp³-hybridized carbons (Fsp3) is 0.889. The van der Waals surface area contributed by atoms with Crippen molar-refractivity contribution in [1.29, 1.82) is 0 Å². The number of nitrogens with one attached hydrogen (secondary N) is 1. The van der Waals surface area contributed by atoms with Gasteiger partial charge in [0.25, 0.3) is 0 Å². The van der Waals surface area contributed by atoms with Gasteiger partial charge in [-0.15, -0.1) is 0 Å². The molecular weight excluding hydrogens is 482 g/mol. The van der Waals surface area contributed by atoms with Gasteiger partial charge in [0.2, 0.25) is 25.1 Å². The Labute approximate surface area is 217 Å². The Morgan fingerprint density at radius 2 is 1.44 bits per heavy atom. The summed E-state index contributed by atoms with van der Waals surface area (Å²) in [6.07, 6.45) is 15.1. The van der Waals surface area contributed by atoms with E-state index < -0.39 is 13.3 Å². The first kappa shape index (κ1) is 32.8. The standard InChI is InChI=1S/C27H50FN2O5P/c1-22(2)23-21-26(32)30(27(23)33)20-19-29-25(31)18-16-14-12-10-8-6-4-5-7-9-11-13-15-17-24(28)36(3,34)35/h22-24H,4-21H2,1-3H3,(H,29,31)(H,34,35). The van der Waals surface area contributed by atoms with Crippen molar-refractivity contribution in [2.45, 2.75) is 122 Å². The Morgan fingerprint density at radius 3 is 1.89 bits per heavy atom. The quantitative estimate of drug-likeness (QED) is 0.104. The first-order valence-electron chi connectivity index (χ1n) is 14.1. The fourth-order valence-electron chi connectivity index (χ4n) is 4.64. The van der Waals surface area contributed by atoms with E-state index in [9.17, 15) is 23.3 Å². The van der Waals surface area contributed by atoms with E-state index in [1.165, 1.54) is 43.4 Å². The second-order valence-electron chi connectivity index (χ2n) is 10.8. The number of hydrogen-bond donors (Lipinski definition) is 2. The molecule has 0 aliphatic carbocycles. The second-order valence-corrected chi connectivity index (χ2v) is 13.2. The van der Waals surface area contributed by atoms with Crippen molar-refractivity contribution in [3.05, 3.63) is 0 Å². The van der Waals surface area contributed by atoms with Crippen molar-refractivity contribution in [2.24, 2.45) is 11.8 Å². The van der Waals surface area contributed by atoms with Crippen LogP contribution in [0.1, 0.15) is 117 Å². The number of carbonyl (C=O) groups excluding carboxylic acids is 3. The zero-order valence-corrected chi connectivity index (χ0v) is 23.7. The largest absolute Gasteiger partial charge is 0.354 e. The van der Waals surface area contributed by atoms with E-state index in [0.29, 0.717) is 19.4 Å². The minimum atomic E-state index is -3.57. The van der Waals surface area contributed by atoms with Crippen LogP contribution in [0.25, 0.3) is 0 Å². The van der Waals surface area contributed by atoms with E-state index >= 15 is 0 Å². The van der Waals surface area contributed by atoms with Crippen LogP contribution in [0.5, 0.6) is 0 Å². The third kappa shape index (κ3) is 13.9. The number of carbonyl (C=O) groups is 3. The molecule has 36 heavy (non-hydrogen) atoms. The number of rotatable bonds is 21. The van der Waals surface area contributed by atoms with Gasteiger partial charge in [0.1, 0.15) is 0 Å². The molecule has 0 saturated carbocycles. The van der Waals surface area contributed by atoms with E-state index in [4.69, 9.17) is 4.89 Å². The lowest BCUT2D eigenvalue weighted by atomic mass is 9.94. The predicted octanol–water partition coefficient (Wildman–Crippen LogP) is 6.18. The zero-order valence-electron chi connectivity index (χ0n) is 22.8. The summed E-state index contributed by atoms with van der Waals surface area (Å²) in [4.78, 5) is 46.7. The fourth-order valence-corrected chi connectivity index (χ4v) is 5.30. The van der Waals surface area contributed by atoms with Gasteiger partial charge >= 0.3 is 0 Å². The normalized spacial score (nSPS) is 18.6. The van der Waals surface area contributed by atoms with Gasteiger partial charge in [-0.2, -0.15) is 0 Å². The molecule has 0 aromatic heterocycles. The highest BCUT2D eigenvalue weighted by Crippen LogP contribution is 2.44. The summed E-state index contributed by atoms with van der Waals surface area (Å²) in [5, 5.41) is 2.83. The molecule has 1 aliphatic rings. The van der Waals surface area contributed by atoms with E-state index in [-0.39, 0.29) is 48.9 Å². The van der Waals surface area contributed by atoms with Crippen LogP contribution in [-0.4, -0.2) is 53.2 Å². The maximum Gasteiger partial charge on any atom is 0.233 e. The maximum absolute atomic E-state index is 13.4. The van der Waals surface area contributed by atoms with Crippen molar-refractivity contribution in [3.63, 3.8) is 0 Å². The number of alkyl halides is 1. The summed E-state index contributed by atoms with van der Waals surface area (Å²) in [6.45, 7) is 5.58.